The van der Waals surface area contributed by atoms with Crippen LogP contribution in [0.2, 0.25) is 0 Å². The molecule has 4 amide bonds. The minimum absolute atomic E-state index is 0.112. The number of nitrogens with one attached hydrogen (secondary N) is 5. The van der Waals surface area contributed by atoms with E-state index in [1.807, 2.05) is 29.6 Å². The van der Waals surface area contributed by atoms with E-state index in [4.69, 9.17) is 16.6 Å². The number of benzene rings is 1. The Balaban J connectivity index is 1.75. The molecule has 0 aliphatic heterocycles. The molecule has 41 heavy (non-hydrogen) atoms. The van der Waals surface area contributed by atoms with Crippen LogP contribution in [0.1, 0.15) is 24.1 Å². The molecule has 0 radical (unpaired) electrons. The quantitative estimate of drug-likeness (QED) is 0.0959. The van der Waals surface area contributed by atoms with E-state index in [9.17, 15) is 33.9 Å². The number of carbonyl (C=O) groups is 6. The van der Waals surface area contributed by atoms with Crippen LogP contribution in [-0.4, -0.2) is 84.9 Å². The van der Waals surface area contributed by atoms with Gasteiger partial charge in [-0.05, 0) is 18.1 Å². The molecular weight excluding hydrogens is 540 g/mol. The number of nitrogens with zero attached hydrogens (tertiary/aromatic N) is 1. The van der Waals surface area contributed by atoms with Crippen LogP contribution in [0.15, 0.2) is 43.0 Å². The van der Waals surface area contributed by atoms with Gasteiger partial charge in [-0.1, -0.05) is 18.2 Å². The van der Waals surface area contributed by atoms with E-state index in [1.54, 1.807) is 6.20 Å². The lowest BCUT2D eigenvalue weighted by Crippen LogP contribution is -2.58. The van der Waals surface area contributed by atoms with Crippen molar-refractivity contribution in [2.24, 2.45) is 11.5 Å². The maximum absolute atomic E-state index is 13.3. The number of imidazole rings is 1. The summed E-state index contributed by atoms with van der Waals surface area (Å²) >= 11 is 0. The van der Waals surface area contributed by atoms with Crippen molar-refractivity contribution in [1.82, 2.24) is 30.9 Å². The molecule has 218 valence electrons. The largest absolute Gasteiger partial charge is 0.481 e. The number of hydrogen-bond acceptors (Lipinski definition) is 8. The highest BCUT2D eigenvalue weighted by Gasteiger charge is 2.32. The van der Waals surface area contributed by atoms with E-state index in [2.05, 4.69) is 25.6 Å². The Morgan fingerprint density at radius 1 is 0.854 bits per heavy atom. The summed E-state index contributed by atoms with van der Waals surface area (Å²) in [4.78, 5) is 82.8. The van der Waals surface area contributed by atoms with Crippen molar-refractivity contribution in [1.29, 1.82) is 0 Å². The fraction of sp³-hybridized carbons (Fsp3) is 0.320. The Morgan fingerprint density at radius 2 is 1.51 bits per heavy atom. The maximum Gasteiger partial charge on any atom is 0.326 e. The Labute approximate surface area is 232 Å². The zero-order valence-electron chi connectivity index (χ0n) is 21.6. The van der Waals surface area contributed by atoms with Crippen molar-refractivity contribution in [3.05, 3.63) is 54.2 Å². The van der Waals surface area contributed by atoms with E-state index >= 15 is 0 Å². The minimum atomic E-state index is -1.84. The molecule has 4 atom stereocenters. The molecule has 2 aromatic heterocycles. The topological polar surface area (TPSA) is 275 Å². The van der Waals surface area contributed by atoms with Gasteiger partial charge in [-0.15, -0.1) is 0 Å². The first kappa shape index (κ1) is 30.3. The number of nitrogens with two attached hydrogens (primary N) is 2. The van der Waals surface area contributed by atoms with Crippen LogP contribution in [-0.2, 0) is 41.6 Å². The second-order valence-corrected chi connectivity index (χ2v) is 9.24. The molecular formula is C25H30N8O8. The van der Waals surface area contributed by atoms with Gasteiger partial charge in [0.25, 0.3) is 0 Å². The van der Waals surface area contributed by atoms with Crippen molar-refractivity contribution in [3.8, 4) is 0 Å². The third-order valence-electron chi connectivity index (χ3n) is 6.10. The van der Waals surface area contributed by atoms with Crippen LogP contribution in [0.4, 0.5) is 0 Å². The fourth-order valence-electron chi connectivity index (χ4n) is 4.06. The smallest absolute Gasteiger partial charge is 0.326 e. The van der Waals surface area contributed by atoms with Gasteiger partial charge in [0, 0.05) is 35.4 Å². The van der Waals surface area contributed by atoms with Gasteiger partial charge in [0.2, 0.25) is 23.6 Å². The number of rotatable bonds is 15. The second kappa shape index (κ2) is 13.7. The van der Waals surface area contributed by atoms with Gasteiger partial charge in [0.05, 0.1) is 25.2 Å². The van der Waals surface area contributed by atoms with Crippen LogP contribution < -0.4 is 27.4 Å². The van der Waals surface area contributed by atoms with Crippen LogP contribution >= 0.6 is 0 Å². The number of para-hydroxylation sites is 1. The Hall–Kier alpha value is -5.25. The predicted octanol–water partition coefficient (Wildman–Crippen LogP) is -2.11. The highest BCUT2D eigenvalue weighted by atomic mass is 16.4. The molecule has 1 aromatic carbocycles. The van der Waals surface area contributed by atoms with Gasteiger partial charge in [-0.25, -0.2) is 9.78 Å². The molecule has 0 aliphatic carbocycles. The first-order valence-electron chi connectivity index (χ1n) is 12.4. The van der Waals surface area contributed by atoms with E-state index in [1.165, 1.54) is 12.5 Å². The molecule has 0 bridgehead atoms. The SMILES string of the molecule is NC(=O)CC(NC(=O)C(Cc1cnc[nH]1)NC(=O)C(N)Cc1c[nH]c2ccccc12)C(=O)NC(CC(=O)O)C(=O)O. The van der Waals surface area contributed by atoms with Crippen LogP contribution in [0, 0.1) is 0 Å². The van der Waals surface area contributed by atoms with Crippen LogP contribution in [0.25, 0.3) is 10.9 Å². The summed E-state index contributed by atoms with van der Waals surface area (Å²) in [7, 11) is 0. The van der Waals surface area contributed by atoms with Crippen molar-refractivity contribution in [2.75, 3.05) is 0 Å². The number of hydrogen-bond donors (Lipinski definition) is 9. The number of carboxylic acid groups (broad SMARTS) is 2. The van der Waals surface area contributed by atoms with Crippen molar-refractivity contribution in [3.63, 3.8) is 0 Å². The molecule has 2 heterocycles. The summed E-state index contributed by atoms with van der Waals surface area (Å²) in [6, 6.07) is 1.55. The van der Waals surface area contributed by atoms with Crippen molar-refractivity contribution in [2.45, 2.75) is 49.9 Å². The van der Waals surface area contributed by atoms with Gasteiger partial charge >= 0.3 is 11.9 Å². The molecule has 0 saturated carbocycles. The van der Waals surface area contributed by atoms with Gasteiger partial charge < -0.3 is 47.6 Å². The van der Waals surface area contributed by atoms with Crippen LogP contribution in [0.5, 0.6) is 0 Å². The number of amides is 4. The first-order chi connectivity index (χ1) is 19.4. The number of H-pyrrole nitrogens is 2. The van der Waals surface area contributed by atoms with Gasteiger partial charge in [-0.3, -0.25) is 24.0 Å². The average Bonchev–Trinajstić information content (AvgIpc) is 3.57. The number of carbonyl (C=O) groups excluding carboxylic acids is 4. The van der Waals surface area contributed by atoms with Crippen molar-refractivity contribution < 1.29 is 39.0 Å². The summed E-state index contributed by atoms with van der Waals surface area (Å²) in [5, 5.41) is 25.8. The molecule has 16 nitrogen and oxygen atoms in total. The molecule has 0 spiro atoms. The fourth-order valence-corrected chi connectivity index (χ4v) is 4.06. The van der Waals surface area contributed by atoms with Gasteiger partial charge in [-0.2, -0.15) is 0 Å². The summed E-state index contributed by atoms with van der Waals surface area (Å²) in [6.45, 7) is 0. The number of carboxylic acids is 2. The predicted molar refractivity (Wildman–Crippen MR) is 142 cm³/mol. The highest BCUT2D eigenvalue weighted by molar-refractivity contribution is 5.97. The van der Waals surface area contributed by atoms with Crippen LogP contribution in [0.3, 0.4) is 0 Å². The van der Waals surface area contributed by atoms with Gasteiger partial charge in [0.15, 0.2) is 0 Å². The summed E-state index contributed by atoms with van der Waals surface area (Å²) in [5.74, 6) is -6.91. The highest BCUT2D eigenvalue weighted by Crippen LogP contribution is 2.18. The Morgan fingerprint density at radius 3 is 2.15 bits per heavy atom. The summed E-state index contributed by atoms with van der Waals surface area (Å²) < 4.78 is 0. The zero-order chi connectivity index (χ0) is 30.1. The summed E-state index contributed by atoms with van der Waals surface area (Å²) in [5.41, 5.74) is 13.4. The first-order valence-corrected chi connectivity index (χ1v) is 12.4. The number of primary amides is 1. The molecule has 16 heteroatoms. The maximum atomic E-state index is 13.3. The monoisotopic (exact) mass is 570 g/mol. The second-order valence-electron chi connectivity index (χ2n) is 9.24. The lowest BCUT2D eigenvalue weighted by Gasteiger charge is -2.24. The number of fused-ring (bicyclic) bond motifs is 1. The van der Waals surface area contributed by atoms with E-state index < -0.39 is 72.6 Å². The van der Waals surface area contributed by atoms with E-state index in [0.717, 1.165) is 16.5 Å². The number of aromatic amines is 2. The standard InChI is InChI=1S/C25H30N8O8/c26-15(5-12-9-29-16-4-2-1-3-14(12)16)22(37)31-17(6-13-10-28-11-30-13)23(38)32-18(7-20(27)34)24(39)33-19(25(40)41)8-21(35)36/h1-4,9-11,15,17-19,29H,5-8,26H2,(H2,27,34)(H,28,30)(H,31,37)(H,32,38)(H,33,39)(H,35,36)(H,40,41). The Kier molecular flexibility index (Phi) is 10.1. The lowest BCUT2D eigenvalue weighted by atomic mass is 10.0. The molecule has 3 rings (SSSR count). The van der Waals surface area contributed by atoms with Crippen molar-refractivity contribution >= 4 is 46.5 Å². The molecule has 0 aliphatic rings. The molecule has 0 saturated heterocycles. The number of aromatic nitrogens is 3. The third kappa shape index (κ3) is 8.62. The average molecular weight is 571 g/mol. The van der Waals surface area contributed by atoms with Gasteiger partial charge in [0.1, 0.15) is 18.1 Å². The summed E-state index contributed by atoms with van der Waals surface area (Å²) in [6.07, 6.45) is 2.84. The third-order valence-corrected chi connectivity index (χ3v) is 6.10. The normalized spacial score (nSPS) is 13.9. The molecule has 0 fully saturated rings. The Bertz CT molecular complexity index is 1420. The molecule has 11 N–H and O–H groups in total. The molecule has 3 aromatic rings. The minimum Gasteiger partial charge on any atom is -0.481 e. The van der Waals surface area contributed by atoms with E-state index in [-0.39, 0.29) is 12.8 Å². The lowest BCUT2D eigenvalue weighted by molar-refractivity contribution is -0.147. The zero-order valence-corrected chi connectivity index (χ0v) is 21.6. The van der Waals surface area contributed by atoms with E-state index in [0.29, 0.717) is 5.69 Å². The number of aliphatic carboxylic acids is 2. The molecule has 4 unspecified atom stereocenters.